The number of ether oxygens (including phenoxy) is 1. The molecule has 0 spiro atoms. The quantitative estimate of drug-likeness (QED) is 0.890. The van der Waals surface area contributed by atoms with Gasteiger partial charge in [0.25, 0.3) is 0 Å². The number of hydrogen-bond acceptors (Lipinski definition) is 3. The minimum Gasteiger partial charge on any atom is -0.496 e. The lowest BCUT2D eigenvalue weighted by Gasteiger charge is -2.19. The van der Waals surface area contributed by atoms with Gasteiger partial charge in [0.15, 0.2) is 0 Å². The van der Waals surface area contributed by atoms with Crippen LogP contribution in [0.4, 0.5) is 0 Å². The zero-order chi connectivity index (χ0) is 14.7. The molecular formula is C17H19NO2S. The summed E-state index contributed by atoms with van der Waals surface area (Å²) in [5.41, 5.74) is 1.28. The second kappa shape index (κ2) is 5.90. The van der Waals surface area contributed by atoms with Gasteiger partial charge >= 0.3 is 0 Å². The van der Waals surface area contributed by atoms with Crippen LogP contribution >= 0.6 is 11.3 Å². The number of hydrogen-bond donors (Lipinski definition) is 1. The molecule has 0 bridgehead atoms. The van der Waals surface area contributed by atoms with Crippen LogP contribution in [0.3, 0.4) is 0 Å². The van der Waals surface area contributed by atoms with Crippen LogP contribution in [0.2, 0.25) is 0 Å². The van der Waals surface area contributed by atoms with E-state index < -0.39 is 0 Å². The molecule has 1 aromatic heterocycles. The molecule has 3 rings (SSSR count). The number of amides is 1. The second-order valence-corrected chi connectivity index (χ2v) is 6.55. The first-order chi connectivity index (χ1) is 10.2. The van der Waals surface area contributed by atoms with Crippen LogP contribution in [0.15, 0.2) is 41.8 Å². The van der Waals surface area contributed by atoms with E-state index >= 15 is 0 Å². The molecule has 0 atom stereocenters. The fraction of sp³-hybridized carbons (Fsp3) is 0.353. The molecule has 4 heteroatoms. The highest BCUT2D eigenvalue weighted by atomic mass is 32.1. The minimum absolute atomic E-state index is 0.0672. The van der Waals surface area contributed by atoms with E-state index in [0.717, 1.165) is 23.5 Å². The molecular weight excluding hydrogens is 282 g/mol. The van der Waals surface area contributed by atoms with E-state index in [-0.39, 0.29) is 11.3 Å². The average Bonchev–Trinajstić information content (AvgIpc) is 3.14. The van der Waals surface area contributed by atoms with Crippen molar-refractivity contribution in [2.75, 3.05) is 13.7 Å². The smallest absolute Gasteiger partial charge is 0.225 e. The van der Waals surface area contributed by atoms with Crippen molar-refractivity contribution in [1.82, 2.24) is 5.32 Å². The van der Waals surface area contributed by atoms with Crippen LogP contribution in [-0.4, -0.2) is 19.6 Å². The Kier molecular flexibility index (Phi) is 3.97. The number of methoxy groups -OCH3 is 1. The van der Waals surface area contributed by atoms with Crippen LogP contribution in [0.25, 0.3) is 0 Å². The van der Waals surface area contributed by atoms with Crippen LogP contribution < -0.4 is 10.1 Å². The first-order valence-electron chi connectivity index (χ1n) is 7.16. The SMILES string of the molecule is COc1ccccc1C1(CNC(=O)Cc2cccs2)CC1. The fourth-order valence-electron chi connectivity index (χ4n) is 2.68. The zero-order valence-corrected chi connectivity index (χ0v) is 12.9. The van der Waals surface area contributed by atoms with Gasteiger partial charge in [-0.05, 0) is 30.4 Å². The van der Waals surface area contributed by atoms with Gasteiger partial charge in [0, 0.05) is 22.4 Å². The lowest BCUT2D eigenvalue weighted by atomic mass is 9.95. The molecule has 0 aliphatic heterocycles. The molecule has 1 saturated carbocycles. The molecule has 21 heavy (non-hydrogen) atoms. The van der Waals surface area contributed by atoms with Gasteiger partial charge in [0.2, 0.25) is 5.91 Å². The number of rotatable bonds is 6. The van der Waals surface area contributed by atoms with Crippen LogP contribution in [-0.2, 0) is 16.6 Å². The van der Waals surface area contributed by atoms with Crippen molar-refractivity contribution in [2.45, 2.75) is 24.7 Å². The maximum atomic E-state index is 12.0. The standard InChI is InChI=1S/C17H19NO2S/c1-20-15-7-3-2-6-14(15)17(8-9-17)12-18-16(19)11-13-5-4-10-21-13/h2-7,10H,8-9,11-12H2,1H3,(H,18,19). The van der Waals surface area contributed by atoms with Crippen molar-refractivity contribution in [3.63, 3.8) is 0 Å². The lowest BCUT2D eigenvalue weighted by Crippen LogP contribution is -2.33. The van der Waals surface area contributed by atoms with Crippen LogP contribution in [0, 0.1) is 0 Å². The fourth-order valence-corrected chi connectivity index (χ4v) is 3.38. The van der Waals surface area contributed by atoms with Crippen LogP contribution in [0.5, 0.6) is 5.75 Å². The maximum Gasteiger partial charge on any atom is 0.225 e. The van der Waals surface area contributed by atoms with E-state index in [9.17, 15) is 4.79 Å². The number of carbonyl (C=O) groups is 1. The summed E-state index contributed by atoms with van der Waals surface area (Å²) in [7, 11) is 1.70. The van der Waals surface area contributed by atoms with Crippen molar-refractivity contribution < 1.29 is 9.53 Å². The number of benzene rings is 1. The number of carbonyl (C=O) groups excluding carboxylic acids is 1. The van der Waals surface area contributed by atoms with E-state index in [1.165, 1.54) is 5.56 Å². The van der Waals surface area contributed by atoms with Gasteiger partial charge in [-0.15, -0.1) is 11.3 Å². The van der Waals surface area contributed by atoms with Gasteiger partial charge < -0.3 is 10.1 Å². The topological polar surface area (TPSA) is 38.3 Å². The van der Waals surface area contributed by atoms with Crippen LogP contribution in [0.1, 0.15) is 23.3 Å². The summed E-state index contributed by atoms with van der Waals surface area (Å²) < 4.78 is 5.45. The summed E-state index contributed by atoms with van der Waals surface area (Å²) in [4.78, 5) is 13.1. The molecule has 1 N–H and O–H groups in total. The van der Waals surface area contributed by atoms with Gasteiger partial charge in [-0.1, -0.05) is 24.3 Å². The summed E-state index contributed by atoms with van der Waals surface area (Å²) in [6, 6.07) is 12.1. The highest BCUT2D eigenvalue weighted by Gasteiger charge is 2.46. The van der Waals surface area contributed by atoms with Gasteiger partial charge in [0.1, 0.15) is 5.75 Å². The highest BCUT2D eigenvalue weighted by molar-refractivity contribution is 7.10. The summed E-state index contributed by atoms with van der Waals surface area (Å²) in [5.74, 6) is 1.01. The van der Waals surface area contributed by atoms with Gasteiger partial charge in [-0.2, -0.15) is 0 Å². The molecule has 1 aliphatic rings. The Labute approximate surface area is 129 Å². The van der Waals surface area contributed by atoms with E-state index in [1.807, 2.05) is 35.7 Å². The molecule has 0 unspecified atom stereocenters. The van der Waals surface area contributed by atoms with Gasteiger partial charge in [0.05, 0.1) is 13.5 Å². The zero-order valence-electron chi connectivity index (χ0n) is 12.1. The molecule has 1 amide bonds. The molecule has 1 fully saturated rings. The van der Waals surface area contributed by atoms with E-state index in [1.54, 1.807) is 18.4 Å². The third kappa shape index (κ3) is 3.10. The summed E-state index contributed by atoms with van der Waals surface area (Å²) in [5, 5.41) is 5.09. The first-order valence-corrected chi connectivity index (χ1v) is 8.04. The summed E-state index contributed by atoms with van der Waals surface area (Å²) in [6.45, 7) is 0.692. The molecule has 0 radical (unpaired) electrons. The normalized spacial score (nSPS) is 15.5. The Hall–Kier alpha value is -1.81. The first kappa shape index (κ1) is 14.1. The summed E-state index contributed by atoms with van der Waals surface area (Å²) in [6.07, 6.45) is 2.68. The highest BCUT2D eigenvalue weighted by Crippen LogP contribution is 2.50. The molecule has 1 heterocycles. The predicted octanol–water partition coefficient (Wildman–Crippen LogP) is 3.15. The largest absolute Gasteiger partial charge is 0.496 e. The van der Waals surface area contributed by atoms with Gasteiger partial charge in [-0.3, -0.25) is 4.79 Å². The third-order valence-electron chi connectivity index (χ3n) is 4.07. The Bertz CT molecular complexity index is 617. The Morgan fingerprint density at radius 1 is 1.29 bits per heavy atom. The number of para-hydroxylation sites is 1. The Morgan fingerprint density at radius 2 is 2.10 bits per heavy atom. The lowest BCUT2D eigenvalue weighted by molar-refractivity contribution is -0.120. The minimum atomic E-state index is 0.0672. The molecule has 2 aromatic rings. The monoisotopic (exact) mass is 301 g/mol. The van der Waals surface area contributed by atoms with Crippen molar-refractivity contribution in [2.24, 2.45) is 0 Å². The summed E-state index contributed by atoms with van der Waals surface area (Å²) >= 11 is 1.62. The third-order valence-corrected chi connectivity index (χ3v) is 4.95. The maximum absolute atomic E-state index is 12.0. The second-order valence-electron chi connectivity index (χ2n) is 5.51. The van der Waals surface area contributed by atoms with Crippen molar-refractivity contribution >= 4 is 17.2 Å². The molecule has 1 aliphatic carbocycles. The average molecular weight is 301 g/mol. The molecule has 3 nitrogen and oxygen atoms in total. The van der Waals surface area contributed by atoms with Gasteiger partial charge in [-0.25, -0.2) is 0 Å². The van der Waals surface area contributed by atoms with E-state index in [4.69, 9.17) is 4.74 Å². The Balaban J connectivity index is 1.63. The Morgan fingerprint density at radius 3 is 2.76 bits per heavy atom. The molecule has 1 aromatic carbocycles. The van der Waals surface area contributed by atoms with Crippen molar-refractivity contribution in [3.8, 4) is 5.75 Å². The predicted molar refractivity (Wildman–Crippen MR) is 84.9 cm³/mol. The van der Waals surface area contributed by atoms with Crippen molar-refractivity contribution in [1.29, 1.82) is 0 Å². The molecule has 110 valence electrons. The van der Waals surface area contributed by atoms with Crippen molar-refractivity contribution in [3.05, 3.63) is 52.2 Å². The number of nitrogens with one attached hydrogen (secondary N) is 1. The van der Waals surface area contributed by atoms with E-state index in [0.29, 0.717) is 13.0 Å². The van der Waals surface area contributed by atoms with E-state index in [2.05, 4.69) is 11.4 Å². The molecule has 0 saturated heterocycles. The number of thiophene rings is 1.